The molecule has 124 valence electrons. The lowest BCUT2D eigenvalue weighted by Gasteiger charge is -2.32. The fourth-order valence-corrected chi connectivity index (χ4v) is 3.30. The molecule has 0 radical (unpaired) electrons. The van der Waals surface area contributed by atoms with Gasteiger partial charge in [0.05, 0.1) is 4.92 Å². The first-order valence-electron chi connectivity index (χ1n) is 7.70. The fourth-order valence-electron chi connectivity index (χ4n) is 3.30. The number of aromatic nitrogens is 1. The molecular formula is C18H18N2O4. The van der Waals surface area contributed by atoms with Crippen LogP contribution in [-0.4, -0.2) is 15.3 Å². The van der Waals surface area contributed by atoms with E-state index < -0.39 is 4.92 Å². The van der Waals surface area contributed by atoms with Crippen molar-refractivity contribution in [2.45, 2.75) is 26.7 Å². The molecule has 0 aliphatic heterocycles. The Balaban J connectivity index is 2.23. The highest BCUT2D eigenvalue weighted by Gasteiger charge is 2.34. The predicted molar refractivity (Wildman–Crippen MR) is 90.2 cm³/mol. The number of nitrogens with zero attached hydrogens (tertiary/aromatic N) is 2. The number of ketones is 1. The van der Waals surface area contributed by atoms with Crippen LogP contribution in [0.5, 0.6) is 0 Å². The summed E-state index contributed by atoms with van der Waals surface area (Å²) in [4.78, 5) is 35.4. The highest BCUT2D eigenvalue weighted by Crippen LogP contribution is 2.38. The summed E-state index contributed by atoms with van der Waals surface area (Å²) in [5.41, 5.74) is 2.09. The SMILES string of the molecule is Cn1c2c(c(-c3ccc([N+](=O)[O-])cc3)cc1=O)C(=O)CC(C)(C)C2. The van der Waals surface area contributed by atoms with Gasteiger partial charge in [-0.25, -0.2) is 0 Å². The van der Waals surface area contributed by atoms with Crippen molar-refractivity contribution in [2.75, 3.05) is 0 Å². The van der Waals surface area contributed by atoms with Crippen LogP contribution < -0.4 is 5.56 Å². The summed E-state index contributed by atoms with van der Waals surface area (Å²) < 4.78 is 1.53. The van der Waals surface area contributed by atoms with Gasteiger partial charge in [0.2, 0.25) is 0 Å². The van der Waals surface area contributed by atoms with Crippen LogP contribution in [0.4, 0.5) is 5.69 Å². The zero-order valence-corrected chi connectivity index (χ0v) is 13.8. The molecule has 0 atom stereocenters. The van der Waals surface area contributed by atoms with Gasteiger partial charge in [-0.3, -0.25) is 19.7 Å². The topological polar surface area (TPSA) is 82.2 Å². The molecule has 0 saturated heterocycles. The van der Waals surface area contributed by atoms with E-state index in [4.69, 9.17) is 0 Å². The summed E-state index contributed by atoms with van der Waals surface area (Å²) in [7, 11) is 1.68. The number of fused-ring (bicyclic) bond motifs is 1. The van der Waals surface area contributed by atoms with E-state index in [0.717, 1.165) is 5.69 Å². The number of nitro benzene ring substituents is 1. The maximum atomic E-state index is 12.7. The third kappa shape index (κ3) is 2.64. The minimum Gasteiger partial charge on any atom is -0.315 e. The zero-order chi connectivity index (χ0) is 17.6. The molecule has 6 heteroatoms. The molecule has 0 unspecified atom stereocenters. The number of rotatable bonds is 2. The summed E-state index contributed by atoms with van der Waals surface area (Å²) in [6.45, 7) is 4.02. The Bertz CT molecular complexity index is 908. The van der Waals surface area contributed by atoms with Gasteiger partial charge in [-0.05, 0) is 35.1 Å². The van der Waals surface area contributed by atoms with Gasteiger partial charge >= 0.3 is 0 Å². The van der Waals surface area contributed by atoms with E-state index in [9.17, 15) is 19.7 Å². The van der Waals surface area contributed by atoms with E-state index in [-0.39, 0.29) is 22.4 Å². The Hall–Kier alpha value is -2.76. The van der Waals surface area contributed by atoms with Gasteiger partial charge in [-0.15, -0.1) is 0 Å². The van der Waals surface area contributed by atoms with E-state index in [1.165, 1.54) is 22.8 Å². The van der Waals surface area contributed by atoms with Crippen molar-refractivity contribution in [3.8, 4) is 11.1 Å². The summed E-state index contributed by atoms with van der Waals surface area (Å²) >= 11 is 0. The molecule has 24 heavy (non-hydrogen) atoms. The van der Waals surface area contributed by atoms with E-state index in [2.05, 4.69) is 0 Å². The molecule has 1 aromatic carbocycles. The normalized spacial score (nSPS) is 15.9. The quantitative estimate of drug-likeness (QED) is 0.627. The van der Waals surface area contributed by atoms with Crippen LogP contribution in [0.3, 0.4) is 0 Å². The highest BCUT2D eigenvalue weighted by atomic mass is 16.6. The van der Waals surface area contributed by atoms with Crippen LogP contribution >= 0.6 is 0 Å². The lowest BCUT2D eigenvalue weighted by molar-refractivity contribution is -0.384. The molecule has 1 aliphatic rings. The molecule has 1 heterocycles. The number of carbonyl (C=O) groups is 1. The highest BCUT2D eigenvalue weighted by molar-refractivity contribution is 6.04. The number of hydrogen-bond acceptors (Lipinski definition) is 4. The van der Waals surface area contributed by atoms with Crippen molar-refractivity contribution in [3.05, 3.63) is 62.1 Å². The van der Waals surface area contributed by atoms with Crippen molar-refractivity contribution >= 4 is 11.5 Å². The molecule has 0 fully saturated rings. The van der Waals surface area contributed by atoms with Gasteiger partial charge in [0.1, 0.15) is 0 Å². The van der Waals surface area contributed by atoms with Crippen LogP contribution in [0.1, 0.15) is 36.3 Å². The zero-order valence-electron chi connectivity index (χ0n) is 13.8. The fraction of sp³-hybridized carbons (Fsp3) is 0.333. The third-order valence-corrected chi connectivity index (χ3v) is 4.51. The number of nitro groups is 1. The second-order valence-electron chi connectivity index (χ2n) is 7.02. The van der Waals surface area contributed by atoms with Crippen LogP contribution in [0, 0.1) is 15.5 Å². The lowest BCUT2D eigenvalue weighted by atomic mass is 9.74. The van der Waals surface area contributed by atoms with Gasteiger partial charge in [0, 0.05) is 42.9 Å². The van der Waals surface area contributed by atoms with E-state index >= 15 is 0 Å². The molecule has 0 spiro atoms. The van der Waals surface area contributed by atoms with Crippen molar-refractivity contribution in [1.82, 2.24) is 4.57 Å². The maximum absolute atomic E-state index is 12.7. The molecule has 0 N–H and O–H groups in total. The Labute approximate surface area is 138 Å². The smallest absolute Gasteiger partial charge is 0.269 e. The number of carbonyl (C=O) groups excluding carboxylic acids is 1. The minimum atomic E-state index is -0.475. The second-order valence-corrected chi connectivity index (χ2v) is 7.02. The van der Waals surface area contributed by atoms with Crippen LogP contribution in [0.15, 0.2) is 35.1 Å². The monoisotopic (exact) mass is 326 g/mol. The minimum absolute atomic E-state index is 0.00482. The Morgan fingerprint density at radius 3 is 2.33 bits per heavy atom. The van der Waals surface area contributed by atoms with Crippen LogP contribution in [0.2, 0.25) is 0 Å². The Morgan fingerprint density at radius 2 is 1.75 bits per heavy atom. The van der Waals surface area contributed by atoms with Gasteiger partial charge in [-0.1, -0.05) is 13.8 Å². The molecule has 3 rings (SSSR count). The first-order valence-corrected chi connectivity index (χ1v) is 7.70. The summed E-state index contributed by atoms with van der Waals surface area (Å²) in [6.07, 6.45) is 1.05. The van der Waals surface area contributed by atoms with Crippen molar-refractivity contribution in [3.63, 3.8) is 0 Å². The average molecular weight is 326 g/mol. The lowest BCUT2D eigenvalue weighted by Crippen LogP contribution is -2.34. The number of hydrogen-bond donors (Lipinski definition) is 0. The average Bonchev–Trinajstić information content (AvgIpc) is 2.50. The molecule has 0 bridgehead atoms. The molecule has 0 amide bonds. The van der Waals surface area contributed by atoms with Crippen LogP contribution in [-0.2, 0) is 13.5 Å². The van der Waals surface area contributed by atoms with E-state index in [1.807, 2.05) is 13.8 Å². The van der Waals surface area contributed by atoms with Gasteiger partial charge in [0.15, 0.2) is 5.78 Å². The first kappa shape index (κ1) is 16.1. The summed E-state index contributed by atoms with van der Waals surface area (Å²) in [6, 6.07) is 7.38. The molecule has 0 saturated carbocycles. The number of Topliss-reactive ketones (excluding diaryl/α,β-unsaturated/α-hetero) is 1. The molecular weight excluding hydrogens is 308 g/mol. The number of benzene rings is 1. The van der Waals surface area contributed by atoms with Crippen molar-refractivity contribution in [1.29, 1.82) is 0 Å². The standard InChI is InChI=1S/C18H18N2O4/c1-18(2)9-14-17(15(21)10-18)13(8-16(22)19(14)3)11-4-6-12(7-5-11)20(23)24/h4-8H,9-10H2,1-3H3. The third-order valence-electron chi connectivity index (χ3n) is 4.51. The van der Waals surface area contributed by atoms with Gasteiger partial charge in [-0.2, -0.15) is 0 Å². The molecule has 1 aliphatic carbocycles. The molecule has 6 nitrogen and oxygen atoms in total. The van der Waals surface area contributed by atoms with Crippen molar-refractivity contribution in [2.24, 2.45) is 12.5 Å². The largest absolute Gasteiger partial charge is 0.315 e. The maximum Gasteiger partial charge on any atom is 0.269 e. The van der Waals surface area contributed by atoms with Crippen molar-refractivity contribution < 1.29 is 9.72 Å². The molecule has 2 aromatic rings. The van der Waals surface area contributed by atoms with Crippen LogP contribution in [0.25, 0.3) is 11.1 Å². The van der Waals surface area contributed by atoms with Gasteiger partial charge < -0.3 is 4.57 Å². The second kappa shape index (κ2) is 5.40. The van der Waals surface area contributed by atoms with E-state index in [0.29, 0.717) is 29.5 Å². The number of non-ortho nitro benzene ring substituents is 1. The van der Waals surface area contributed by atoms with Gasteiger partial charge in [0.25, 0.3) is 11.2 Å². The van der Waals surface area contributed by atoms with E-state index in [1.54, 1.807) is 19.2 Å². The molecule has 1 aromatic heterocycles. The number of pyridine rings is 1. The Morgan fingerprint density at radius 1 is 1.12 bits per heavy atom. The summed E-state index contributed by atoms with van der Waals surface area (Å²) in [5.74, 6) is 0.00482. The summed E-state index contributed by atoms with van der Waals surface area (Å²) in [5, 5.41) is 10.8. The Kier molecular flexibility index (Phi) is 3.63. The predicted octanol–water partition coefficient (Wildman–Crippen LogP) is 3.12. The first-order chi connectivity index (χ1) is 11.2.